The number of aromatic nitrogens is 2. The van der Waals surface area contributed by atoms with Gasteiger partial charge in [-0.1, -0.05) is 24.3 Å². The molecule has 0 radical (unpaired) electrons. The molecule has 2 N–H and O–H groups in total. The van der Waals surface area contributed by atoms with Gasteiger partial charge in [0.25, 0.3) is 10.0 Å². The van der Waals surface area contributed by atoms with Gasteiger partial charge in [-0.05, 0) is 30.0 Å². The highest BCUT2D eigenvalue weighted by Gasteiger charge is 2.26. The summed E-state index contributed by atoms with van der Waals surface area (Å²) < 4.78 is 26.7. The van der Waals surface area contributed by atoms with Crippen molar-refractivity contribution in [3.63, 3.8) is 0 Å². The number of sulfonamides is 1. The van der Waals surface area contributed by atoms with Crippen LogP contribution in [0.4, 0.5) is 0 Å². The van der Waals surface area contributed by atoms with Crippen LogP contribution in [0.2, 0.25) is 0 Å². The second-order valence-corrected chi connectivity index (χ2v) is 6.10. The van der Waals surface area contributed by atoms with Crippen LogP contribution >= 0.6 is 0 Å². The highest BCUT2D eigenvalue weighted by atomic mass is 32.2. The molecule has 94 valence electrons. The van der Waals surface area contributed by atoms with Crippen molar-refractivity contribution in [3.05, 3.63) is 47.7 Å². The minimum absolute atomic E-state index is 0.0734. The molecular formula is C12H13N3O2S. The number of hydrogen-bond donors (Lipinski definition) is 2. The average Bonchev–Trinajstić information content (AvgIpc) is 2.96. The summed E-state index contributed by atoms with van der Waals surface area (Å²) in [6.45, 7) is 0. The molecule has 1 heterocycles. The minimum atomic E-state index is -3.49. The van der Waals surface area contributed by atoms with Crippen molar-refractivity contribution in [2.24, 2.45) is 0 Å². The fourth-order valence-corrected chi connectivity index (χ4v) is 3.46. The predicted molar refractivity (Wildman–Crippen MR) is 66.5 cm³/mol. The molecule has 0 spiro atoms. The van der Waals surface area contributed by atoms with E-state index in [0.717, 1.165) is 12.8 Å². The lowest BCUT2D eigenvalue weighted by Crippen LogP contribution is -2.35. The van der Waals surface area contributed by atoms with Crippen molar-refractivity contribution in [1.82, 2.24) is 14.9 Å². The highest BCUT2D eigenvalue weighted by molar-refractivity contribution is 7.89. The van der Waals surface area contributed by atoms with Gasteiger partial charge in [-0.2, -0.15) is 5.10 Å². The van der Waals surface area contributed by atoms with Crippen LogP contribution in [0.25, 0.3) is 0 Å². The Bertz CT molecular complexity index is 625. The van der Waals surface area contributed by atoms with Gasteiger partial charge in [-0.25, -0.2) is 13.1 Å². The molecule has 0 saturated carbocycles. The SMILES string of the molecule is O=S(=O)(NC1Cc2ccccc2C1)c1ccn[nH]1. The van der Waals surface area contributed by atoms with E-state index in [-0.39, 0.29) is 11.1 Å². The summed E-state index contributed by atoms with van der Waals surface area (Å²) in [7, 11) is -3.49. The Morgan fingerprint density at radius 2 is 1.83 bits per heavy atom. The molecular weight excluding hydrogens is 250 g/mol. The molecule has 0 amide bonds. The summed E-state index contributed by atoms with van der Waals surface area (Å²) in [5.74, 6) is 0. The number of nitrogens with one attached hydrogen (secondary N) is 2. The third-order valence-corrected chi connectivity index (χ3v) is 4.59. The Balaban J connectivity index is 1.77. The van der Waals surface area contributed by atoms with Crippen molar-refractivity contribution in [3.8, 4) is 0 Å². The first-order valence-corrected chi connectivity index (χ1v) is 7.22. The van der Waals surface area contributed by atoms with E-state index in [1.165, 1.54) is 23.4 Å². The number of aromatic amines is 1. The maximum absolute atomic E-state index is 12.0. The van der Waals surface area contributed by atoms with E-state index >= 15 is 0 Å². The van der Waals surface area contributed by atoms with Crippen molar-refractivity contribution in [2.45, 2.75) is 23.9 Å². The number of H-pyrrole nitrogens is 1. The van der Waals surface area contributed by atoms with Crippen LogP contribution in [-0.2, 0) is 22.9 Å². The van der Waals surface area contributed by atoms with Gasteiger partial charge in [0.1, 0.15) is 0 Å². The van der Waals surface area contributed by atoms with Gasteiger partial charge in [0.15, 0.2) is 5.03 Å². The topological polar surface area (TPSA) is 74.8 Å². The Hall–Kier alpha value is -1.66. The van der Waals surface area contributed by atoms with Crippen molar-refractivity contribution in [2.75, 3.05) is 0 Å². The number of fused-ring (bicyclic) bond motifs is 1. The molecule has 6 heteroatoms. The zero-order chi connectivity index (χ0) is 12.6. The summed E-state index contributed by atoms with van der Waals surface area (Å²) in [4.78, 5) is 0. The van der Waals surface area contributed by atoms with Gasteiger partial charge >= 0.3 is 0 Å². The monoisotopic (exact) mass is 263 g/mol. The zero-order valence-corrected chi connectivity index (χ0v) is 10.4. The lowest BCUT2D eigenvalue weighted by atomic mass is 10.1. The predicted octanol–water partition coefficient (Wildman–Crippen LogP) is 0.855. The van der Waals surface area contributed by atoms with Crippen molar-refractivity contribution < 1.29 is 8.42 Å². The summed E-state index contributed by atoms with van der Waals surface area (Å²) in [6.07, 6.45) is 2.91. The van der Waals surface area contributed by atoms with Crippen LogP contribution in [0, 0.1) is 0 Å². The van der Waals surface area contributed by atoms with E-state index in [0.29, 0.717) is 0 Å². The minimum Gasteiger partial charge on any atom is -0.266 e. The summed E-state index contributed by atoms with van der Waals surface area (Å²) in [5.41, 5.74) is 2.43. The fraction of sp³-hybridized carbons (Fsp3) is 0.250. The van der Waals surface area contributed by atoms with Gasteiger partial charge in [0, 0.05) is 6.04 Å². The third-order valence-electron chi connectivity index (χ3n) is 3.14. The molecule has 2 aromatic rings. The first-order chi connectivity index (χ1) is 8.65. The number of nitrogens with zero attached hydrogens (tertiary/aromatic N) is 1. The molecule has 0 aliphatic heterocycles. The smallest absolute Gasteiger partial charge is 0.257 e. The van der Waals surface area contributed by atoms with Gasteiger partial charge in [0.05, 0.1) is 6.20 Å². The molecule has 1 aromatic heterocycles. The molecule has 5 nitrogen and oxygen atoms in total. The van der Waals surface area contributed by atoms with Crippen LogP contribution in [0.15, 0.2) is 41.6 Å². The molecule has 0 fully saturated rings. The van der Waals surface area contributed by atoms with E-state index in [1.807, 2.05) is 24.3 Å². The molecule has 1 aliphatic rings. The molecule has 18 heavy (non-hydrogen) atoms. The Kier molecular flexibility index (Phi) is 2.68. The molecule has 0 unspecified atom stereocenters. The zero-order valence-electron chi connectivity index (χ0n) is 9.63. The largest absolute Gasteiger partial charge is 0.266 e. The summed E-state index contributed by atoms with van der Waals surface area (Å²) in [5, 5.41) is 6.24. The molecule has 0 atom stereocenters. The number of hydrogen-bond acceptors (Lipinski definition) is 3. The van der Waals surface area contributed by atoms with Crippen LogP contribution in [-0.4, -0.2) is 24.7 Å². The van der Waals surface area contributed by atoms with Crippen LogP contribution in [0.5, 0.6) is 0 Å². The first-order valence-electron chi connectivity index (χ1n) is 5.74. The van der Waals surface area contributed by atoms with E-state index in [1.54, 1.807) is 0 Å². The van der Waals surface area contributed by atoms with Crippen LogP contribution < -0.4 is 4.72 Å². The Morgan fingerprint density at radius 1 is 1.17 bits per heavy atom. The van der Waals surface area contributed by atoms with E-state index < -0.39 is 10.0 Å². The van der Waals surface area contributed by atoms with Gasteiger partial charge in [0.2, 0.25) is 0 Å². The molecule has 0 saturated heterocycles. The van der Waals surface area contributed by atoms with E-state index in [4.69, 9.17) is 0 Å². The summed E-state index contributed by atoms with van der Waals surface area (Å²) in [6, 6.07) is 9.41. The quantitative estimate of drug-likeness (QED) is 0.862. The van der Waals surface area contributed by atoms with Crippen LogP contribution in [0.3, 0.4) is 0 Å². The normalized spacial score (nSPS) is 15.8. The van der Waals surface area contributed by atoms with Crippen molar-refractivity contribution in [1.29, 1.82) is 0 Å². The van der Waals surface area contributed by atoms with E-state index in [9.17, 15) is 8.42 Å². The fourth-order valence-electron chi connectivity index (χ4n) is 2.32. The highest BCUT2D eigenvalue weighted by Crippen LogP contribution is 2.22. The first kappa shape index (κ1) is 11.4. The standard InChI is InChI=1S/C12H13N3O2S/c16-18(17,12-5-6-13-14-12)15-11-7-9-3-1-2-4-10(9)8-11/h1-6,11,15H,7-8H2,(H,13,14). The Morgan fingerprint density at radius 3 is 2.39 bits per heavy atom. The number of rotatable bonds is 3. The molecule has 0 bridgehead atoms. The van der Waals surface area contributed by atoms with E-state index in [2.05, 4.69) is 14.9 Å². The number of benzene rings is 1. The maximum Gasteiger partial charge on any atom is 0.257 e. The molecule has 1 aliphatic carbocycles. The lowest BCUT2D eigenvalue weighted by Gasteiger charge is -2.10. The maximum atomic E-state index is 12.0. The van der Waals surface area contributed by atoms with Crippen LogP contribution in [0.1, 0.15) is 11.1 Å². The molecule has 3 rings (SSSR count). The average molecular weight is 263 g/mol. The second-order valence-electron chi connectivity index (χ2n) is 4.42. The molecule has 1 aromatic carbocycles. The Labute approximate surface area is 105 Å². The lowest BCUT2D eigenvalue weighted by molar-refractivity contribution is 0.552. The third kappa shape index (κ3) is 2.04. The summed E-state index contributed by atoms with van der Waals surface area (Å²) >= 11 is 0. The van der Waals surface area contributed by atoms with Crippen molar-refractivity contribution >= 4 is 10.0 Å². The second kappa shape index (κ2) is 4.22. The van der Waals surface area contributed by atoms with Gasteiger partial charge in [-0.3, -0.25) is 5.10 Å². The van der Waals surface area contributed by atoms with Gasteiger partial charge < -0.3 is 0 Å². The van der Waals surface area contributed by atoms with Gasteiger partial charge in [-0.15, -0.1) is 0 Å².